The first-order valence-electron chi connectivity index (χ1n) is 6.69. The number of urea groups is 1. The third kappa shape index (κ3) is 5.30. The molecule has 0 aliphatic rings. The highest BCUT2D eigenvalue weighted by molar-refractivity contribution is 5.90. The third-order valence-corrected chi connectivity index (χ3v) is 2.69. The minimum Gasteiger partial charge on any atom is -0.493 e. The molecule has 0 saturated heterocycles. The topological polar surface area (TPSA) is 98.3 Å². The van der Waals surface area contributed by atoms with Gasteiger partial charge in [0, 0.05) is 18.7 Å². The zero-order valence-electron chi connectivity index (χ0n) is 13.0. The first-order valence-corrected chi connectivity index (χ1v) is 6.69. The third-order valence-electron chi connectivity index (χ3n) is 2.69. The molecule has 1 aromatic carbocycles. The summed E-state index contributed by atoms with van der Waals surface area (Å²) in [5, 5.41) is 13.8. The summed E-state index contributed by atoms with van der Waals surface area (Å²) in [6, 6.07) is 2.87. The highest BCUT2D eigenvalue weighted by Crippen LogP contribution is 2.39. The van der Waals surface area contributed by atoms with Gasteiger partial charge in [0.15, 0.2) is 11.5 Å². The van der Waals surface area contributed by atoms with Crippen molar-refractivity contribution in [1.29, 1.82) is 0 Å². The molecule has 0 unspecified atom stereocenters. The molecule has 3 N–H and O–H groups in total. The molecule has 0 aliphatic carbocycles. The molecule has 0 saturated carbocycles. The van der Waals surface area contributed by atoms with Crippen LogP contribution in [0.4, 0.5) is 10.5 Å². The number of hydrogen-bond donors (Lipinski definition) is 3. The van der Waals surface area contributed by atoms with Gasteiger partial charge in [-0.05, 0) is 0 Å². The van der Waals surface area contributed by atoms with Crippen LogP contribution >= 0.6 is 0 Å². The fourth-order valence-corrected chi connectivity index (χ4v) is 1.73. The van der Waals surface area contributed by atoms with Crippen molar-refractivity contribution in [2.75, 3.05) is 53.0 Å². The number of carbonyl (C=O) groups excluding carboxylic acids is 1. The molecule has 0 heterocycles. The van der Waals surface area contributed by atoms with Crippen molar-refractivity contribution >= 4 is 11.7 Å². The molecule has 0 spiro atoms. The van der Waals surface area contributed by atoms with Crippen molar-refractivity contribution in [2.45, 2.75) is 0 Å². The Bertz CT molecular complexity index is 455. The number of benzene rings is 1. The second-order valence-electron chi connectivity index (χ2n) is 4.13. The van der Waals surface area contributed by atoms with E-state index in [1.165, 1.54) is 21.3 Å². The number of ether oxygens (including phenoxy) is 4. The first-order chi connectivity index (χ1) is 10.7. The summed E-state index contributed by atoms with van der Waals surface area (Å²) in [5.41, 5.74) is 0.503. The van der Waals surface area contributed by atoms with Crippen LogP contribution in [0.2, 0.25) is 0 Å². The van der Waals surface area contributed by atoms with Gasteiger partial charge in [0.05, 0.1) is 46.8 Å². The fraction of sp³-hybridized carbons (Fsp3) is 0.500. The van der Waals surface area contributed by atoms with E-state index in [4.69, 9.17) is 24.1 Å². The molecule has 8 heteroatoms. The Morgan fingerprint density at radius 3 is 2.23 bits per heavy atom. The van der Waals surface area contributed by atoms with E-state index in [1.54, 1.807) is 12.1 Å². The minimum absolute atomic E-state index is 0.0440. The average molecular weight is 314 g/mol. The molecule has 124 valence electrons. The van der Waals surface area contributed by atoms with Gasteiger partial charge in [-0.3, -0.25) is 0 Å². The summed E-state index contributed by atoms with van der Waals surface area (Å²) < 4.78 is 20.7. The van der Waals surface area contributed by atoms with Crippen molar-refractivity contribution in [2.24, 2.45) is 0 Å². The van der Waals surface area contributed by atoms with Gasteiger partial charge in [0.1, 0.15) is 0 Å². The predicted molar refractivity (Wildman–Crippen MR) is 81.0 cm³/mol. The number of anilines is 1. The number of aliphatic hydroxyl groups is 1. The number of carbonyl (C=O) groups is 1. The van der Waals surface area contributed by atoms with E-state index in [0.29, 0.717) is 36.1 Å². The van der Waals surface area contributed by atoms with Crippen molar-refractivity contribution in [3.8, 4) is 17.2 Å². The summed E-state index contributed by atoms with van der Waals surface area (Å²) in [4.78, 5) is 11.8. The van der Waals surface area contributed by atoms with Crippen LogP contribution in [0.25, 0.3) is 0 Å². The van der Waals surface area contributed by atoms with E-state index in [-0.39, 0.29) is 19.2 Å². The van der Waals surface area contributed by atoms with Gasteiger partial charge >= 0.3 is 6.03 Å². The van der Waals surface area contributed by atoms with Crippen molar-refractivity contribution in [3.63, 3.8) is 0 Å². The lowest BCUT2D eigenvalue weighted by Crippen LogP contribution is -2.31. The number of nitrogens with one attached hydrogen (secondary N) is 2. The normalized spacial score (nSPS) is 10.0. The van der Waals surface area contributed by atoms with Gasteiger partial charge < -0.3 is 34.7 Å². The lowest BCUT2D eigenvalue weighted by molar-refractivity contribution is 0.0950. The molecule has 0 bridgehead atoms. The van der Waals surface area contributed by atoms with Crippen molar-refractivity contribution < 1.29 is 28.8 Å². The van der Waals surface area contributed by atoms with E-state index in [9.17, 15) is 4.79 Å². The molecule has 22 heavy (non-hydrogen) atoms. The molecule has 1 aromatic rings. The molecule has 0 atom stereocenters. The standard InChI is InChI=1S/C14H22N2O6/c1-19-11-8-10(9-12(20-2)13(11)21-3)16-14(18)15-4-6-22-7-5-17/h8-9,17H,4-7H2,1-3H3,(H2,15,16,18). The van der Waals surface area contributed by atoms with E-state index in [2.05, 4.69) is 10.6 Å². The Hall–Kier alpha value is -2.19. The number of rotatable bonds is 9. The number of amides is 2. The van der Waals surface area contributed by atoms with Crippen LogP contribution in [0.1, 0.15) is 0 Å². The first kappa shape index (κ1) is 17.9. The van der Waals surface area contributed by atoms with Crippen LogP contribution in [0.15, 0.2) is 12.1 Å². The Labute approximate surface area is 129 Å². The molecule has 0 fully saturated rings. The second-order valence-corrected chi connectivity index (χ2v) is 4.13. The summed E-state index contributed by atoms with van der Waals surface area (Å²) in [5.74, 6) is 1.35. The molecule has 2 amide bonds. The minimum atomic E-state index is -0.387. The van der Waals surface area contributed by atoms with E-state index < -0.39 is 0 Å². The molecule has 0 aliphatic heterocycles. The lowest BCUT2D eigenvalue weighted by atomic mass is 10.2. The quantitative estimate of drug-likeness (QED) is 0.584. The van der Waals surface area contributed by atoms with Crippen LogP contribution in [-0.4, -0.2) is 58.8 Å². The van der Waals surface area contributed by atoms with Crippen molar-refractivity contribution in [3.05, 3.63) is 12.1 Å². The van der Waals surface area contributed by atoms with Gasteiger partial charge in [-0.25, -0.2) is 4.79 Å². The number of hydrogen-bond acceptors (Lipinski definition) is 6. The van der Waals surface area contributed by atoms with Crippen LogP contribution < -0.4 is 24.8 Å². The molecular weight excluding hydrogens is 292 g/mol. The number of methoxy groups -OCH3 is 3. The van der Waals surface area contributed by atoms with Crippen LogP contribution in [0.5, 0.6) is 17.2 Å². The smallest absolute Gasteiger partial charge is 0.319 e. The predicted octanol–water partition coefficient (Wildman–Crippen LogP) is 0.843. The summed E-state index contributed by atoms with van der Waals surface area (Å²) in [6.07, 6.45) is 0. The maximum Gasteiger partial charge on any atom is 0.319 e. The average Bonchev–Trinajstić information content (AvgIpc) is 2.53. The largest absolute Gasteiger partial charge is 0.493 e. The van der Waals surface area contributed by atoms with E-state index in [0.717, 1.165) is 0 Å². The Kier molecular flexibility index (Phi) is 7.87. The summed E-state index contributed by atoms with van der Waals surface area (Å²) in [7, 11) is 4.51. The van der Waals surface area contributed by atoms with Gasteiger partial charge in [-0.2, -0.15) is 0 Å². The maximum atomic E-state index is 11.8. The highest BCUT2D eigenvalue weighted by atomic mass is 16.5. The second kappa shape index (κ2) is 9.69. The van der Waals surface area contributed by atoms with Gasteiger partial charge in [-0.15, -0.1) is 0 Å². The highest BCUT2D eigenvalue weighted by Gasteiger charge is 2.14. The van der Waals surface area contributed by atoms with E-state index in [1.807, 2.05) is 0 Å². The molecular formula is C14H22N2O6. The lowest BCUT2D eigenvalue weighted by Gasteiger charge is -2.15. The van der Waals surface area contributed by atoms with E-state index >= 15 is 0 Å². The molecule has 8 nitrogen and oxygen atoms in total. The summed E-state index contributed by atoms with van der Waals surface area (Å²) >= 11 is 0. The van der Waals surface area contributed by atoms with Crippen LogP contribution in [-0.2, 0) is 4.74 Å². The maximum absolute atomic E-state index is 11.8. The molecule has 1 rings (SSSR count). The zero-order valence-corrected chi connectivity index (χ0v) is 13.0. The Morgan fingerprint density at radius 1 is 1.09 bits per heavy atom. The van der Waals surface area contributed by atoms with Gasteiger partial charge in [0.25, 0.3) is 0 Å². The van der Waals surface area contributed by atoms with Gasteiger partial charge in [0.2, 0.25) is 5.75 Å². The van der Waals surface area contributed by atoms with Crippen LogP contribution in [0.3, 0.4) is 0 Å². The Balaban J connectivity index is 2.63. The molecule has 0 radical (unpaired) electrons. The monoisotopic (exact) mass is 314 g/mol. The fourth-order valence-electron chi connectivity index (χ4n) is 1.73. The van der Waals surface area contributed by atoms with Crippen LogP contribution in [0, 0.1) is 0 Å². The summed E-state index contributed by atoms with van der Waals surface area (Å²) in [6.45, 7) is 0.854. The Morgan fingerprint density at radius 2 is 1.73 bits per heavy atom. The number of aliphatic hydroxyl groups excluding tert-OH is 1. The van der Waals surface area contributed by atoms with Crippen molar-refractivity contribution in [1.82, 2.24) is 5.32 Å². The molecule has 0 aromatic heterocycles. The zero-order chi connectivity index (χ0) is 16.4. The van der Waals surface area contributed by atoms with Gasteiger partial charge in [-0.1, -0.05) is 0 Å². The SMILES string of the molecule is COc1cc(NC(=O)NCCOCCO)cc(OC)c1OC.